The lowest BCUT2D eigenvalue weighted by atomic mass is 9.71. The van der Waals surface area contributed by atoms with Crippen LogP contribution in [-0.4, -0.2) is 23.7 Å². The molecule has 1 aliphatic rings. The number of hydrogen-bond donors (Lipinski definition) is 1. The van der Waals surface area contributed by atoms with Gasteiger partial charge in [-0.15, -0.1) is 0 Å². The number of methoxy groups -OCH3 is 1. The predicted octanol–water partition coefficient (Wildman–Crippen LogP) is 5.78. The zero-order valence-electron chi connectivity index (χ0n) is 18.4. The van der Waals surface area contributed by atoms with Crippen LogP contribution < -0.4 is 4.74 Å². The molecule has 2 unspecified atom stereocenters. The van der Waals surface area contributed by atoms with Crippen LogP contribution >= 0.6 is 0 Å². The molecule has 1 saturated carbocycles. The summed E-state index contributed by atoms with van der Waals surface area (Å²) in [6.07, 6.45) is 4.06. The third-order valence-corrected chi connectivity index (χ3v) is 6.58. The highest BCUT2D eigenvalue weighted by molar-refractivity contribution is 5.33. The lowest BCUT2D eigenvalue weighted by Gasteiger charge is -2.43. The van der Waals surface area contributed by atoms with E-state index in [1.165, 1.54) is 17.5 Å². The number of benzene rings is 3. The van der Waals surface area contributed by atoms with Gasteiger partial charge in [-0.1, -0.05) is 85.6 Å². The van der Waals surface area contributed by atoms with Gasteiger partial charge in [0.05, 0.1) is 12.7 Å². The largest absolute Gasteiger partial charge is 0.497 e. The van der Waals surface area contributed by atoms with Gasteiger partial charge in [-0.05, 0) is 41.7 Å². The molecule has 0 bridgehead atoms. The van der Waals surface area contributed by atoms with Crippen molar-refractivity contribution in [2.75, 3.05) is 13.7 Å². The van der Waals surface area contributed by atoms with Crippen molar-refractivity contribution >= 4 is 0 Å². The Kier molecular flexibility index (Phi) is 7.06. The first kappa shape index (κ1) is 21.6. The van der Waals surface area contributed by atoms with Crippen molar-refractivity contribution in [3.05, 3.63) is 102 Å². The molecule has 2 atom stereocenters. The predicted molar refractivity (Wildman–Crippen MR) is 126 cm³/mol. The number of nitrogens with zero attached hydrogens (tertiary/aromatic N) is 1. The van der Waals surface area contributed by atoms with Crippen LogP contribution in [0.15, 0.2) is 84.9 Å². The Morgan fingerprint density at radius 3 is 2.13 bits per heavy atom. The van der Waals surface area contributed by atoms with Gasteiger partial charge in [-0.2, -0.15) is 0 Å². The summed E-state index contributed by atoms with van der Waals surface area (Å²) in [7, 11) is 1.68. The summed E-state index contributed by atoms with van der Waals surface area (Å²) in [6.45, 7) is 2.61. The molecule has 1 fully saturated rings. The van der Waals surface area contributed by atoms with Crippen LogP contribution in [0.1, 0.15) is 42.4 Å². The van der Waals surface area contributed by atoms with Crippen LogP contribution in [0.25, 0.3) is 0 Å². The van der Waals surface area contributed by atoms with Crippen molar-refractivity contribution in [3.63, 3.8) is 0 Å². The topological polar surface area (TPSA) is 32.7 Å². The van der Waals surface area contributed by atoms with Gasteiger partial charge >= 0.3 is 0 Å². The molecule has 0 radical (unpaired) electrons. The fraction of sp³-hybridized carbons (Fsp3) is 0.357. The number of rotatable bonds is 8. The number of aliphatic hydroxyl groups is 1. The fourth-order valence-electron chi connectivity index (χ4n) is 4.92. The molecule has 0 saturated heterocycles. The molecule has 0 heterocycles. The Hall–Kier alpha value is -2.62. The van der Waals surface area contributed by atoms with E-state index in [0.29, 0.717) is 0 Å². The molecule has 1 N–H and O–H groups in total. The summed E-state index contributed by atoms with van der Waals surface area (Å²) >= 11 is 0. The lowest BCUT2D eigenvalue weighted by molar-refractivity contribution is -0.0674. The minimum absolute atomic E-state index is 0.181. The van der Waals surface area contributed by atoms with E-state index in [0.717, 1.165) is 50.2 Å². The molecule has 4 rings (SSSR count). The molecule has 1 aliphatic carbocycles. The summed E-state index contributed by atoms with van der Waals surface area (Å²) in [6, 6.07) is 29.3. The van der Waals surface area contributed by atoms with Crippen molar-refractivity contribution in [1.82, 2.24) is 4.90 Å². The summed E-state index contributed by atoms with van der Waals surface area (Å²) < 4.78 is 5.44. The average molecular weight is 416 g/mol. The first-order valence-corrected chi connectivity index (χ1v) is 11.3. The van der Waals surface area contributed by atoms with Gasteiger partial charge in [0, 0.05) is 25.6 Å². The Labute approximate surface area is 186 Å². The van der Waals surface area contributed by atoms with Gasteiger partial charge in [-0.25, -0.2) is 0 Å². The molecular formula is C28H33NO2. The van der Waals surface area contributed by atoms with Crippen LogP contribution in [0.3, 0.4) is 0 Å². The van der Waals surface area contributed by atoms with Crippen LogP contribution in [0.4, 0.5) is 0 Å². The zero-order valence-corrected chi connectivity index (χ0v) is 18.4. The maximum Gasteiger partial charge on any atom is 0.119 e. The molecule has 3 aromatic carbocycles. The second-order valence-electron chi connectivity index (χ2n) is 8.74. The lowest BCUT2D eigenvalue weighted by Crippen LogP contribution is -2.44. The molecule has 31 heavy (non-hydrogen) atoms. The standard InChI is InChI=1S/C28H33NO2/c1-31-27-17-10-16-25(19-27)28(30)18-9-8-15-26(28)22-29(20-23-11-4-2-5-12-23)21-24-13-6-3-7-14-24/h2-7,10-14,16-17,19,26,30H,8-9,15,18,20-22H2,1H3. The number of ether oxygens (including phenoxy) is 1. The first-order chi connectivity index (χ1) is 15.2. The van der Waals surface area contributed by atoms with Crippen molar-refractivity contribution < 1.29 is 9.84 Å². The van der Waals surface area contributed by atoms with E-state index in [4.69, 9.17) is 4.74 Å². The van der Waals surface area contributed by atoms with Gasteiger partial charge in [-0.3, -0.25) is 4.90 Å². The Balaban J connectivity index is 1.59. The maximum absolute atomic E-state index is 11.9. The molecule has 3 nitrogen and oxygen atoms in total. The smallest absolute Gasteiger partial charge is 0.119 e. The summed E-state index contributed by atoms with van der Waals surface area (Å²) in [5.74, 6) is 0.987. The van der Waals surface area contributed by atoms with E-state index in [-0.39, 0.29) is 5.92 Å². The zero-order chi connectivity index (χ0) is 21.5. The second-order valence-corrected chi connectivity index (χ2v) is 8.74. The summed E-state index contributed by atoms with van der Waals surface area (Å²) in [5.41, 5.74) is 2.77. The number of hydrogen-bond acceptors (Lipinski definition) is 3. The van der Waals surface area contributed by atoms with Crippen molar-refractivity contribution in [2.45, 2.75) is 44.4 Å². The van der Waals surface area contributed by atoms with E-state index in [9.17, 15) is 5.11 Å². The van der Waals surface area contributed by atoms with E-state index in [2.05, 4.69) is 71.6 Å². The summed E-state index contributed by atoms with van der Waals surface area (Å²) in [5, 5.41) is 11.9. The van der Waals surface area contributed by atoms with Crippen LogP contribution in [-0.2, 0) is 18.7 Å². The molecule has 3 heteroatoms. The Morgan fingerprint density at radius 2 is 1.52 bits per heavy atom. The summed E-state index contributed by atoms with van der Waals surface area (Å²) in [4.78, 5) is 2.49. The normalized spacial score (nSPS) is 21.2. The minimum atomic E-state index is -0.821. The molecule has 3 aromatic rings. The van der Waals surface area contributed by atoms with E-state index < -0.39 is 5.60 Å². The SMILES string of the molecule is COc1cccc(C2(O)CCCCC2CN(Cc2ccccc2)Cc2ccccc2)c1. The highest BCUT2D eigenvalue weighted by atomic mass is 16.5. The molecule has 0 spiro atoms. The highest BCUT2D eigenvalue weighted by Gasteiger charge is 2.41. The average Bonchev–Trinajstić information content (AvgIpc) is 2.82. The first-order valence-electron chi connectivity index (χ1n) is 11.3. The van der Waals surface area contributed by atoms with E-state index in [1.807, 2.05) is 18.2 Å². The van der Waals surface area contributed by atoms with Gasteiger partial charge in [0.1, 0.15) is 5.75 Å². The van der Waals surface area contributed by atoms with Crippen LogP contribution in [0.2, 0.25) is 0 Å². The fourth-order valence-corrected chi connectivity index (χ4v) is 4.92. The second kappa shape index (κ2) is 10.1. The third kappa shape index (κ3) is 5.36. The third-order valence-electron chi connectivity index (χ3n) is 6.58. The van der Waals surface area contributed by atoms with Crippen molar-refractivity contribution in [1.29, 1.82) is 0 Å². The van der Waals surface area contributed by atoms with Crippen LogP contribution in [0.5, 0.6) is 5.75 Å². The molecular weight excluding hydrogens is 382 g/mol. The molecule has 0 aromatic heterocycles. The molecule has 0 amide bonds. The molecule has 162 valence electrons. The van der Waals surface area contributed by atoms with Crippen LogP contribution in [0, 0.1) is 5.92 Å². The minimum Gasteiger partial charge on any atom is -0.497 e. The highest BCUT2D eigenvalue weighted by Crippen LogP contribution is 2.43. The van der Waals surface area contributed by atoms with E-state index in [1.54, 1.807) is 7.11 Å². The van der Waals surface area contributed by atoms with Crippen molar-refractivity contribution in [3.8, 4) is 5.75 Å². The van der Waals surface area contributed by atoms with Gasteiger partial charge < -0.3 is 9.84 Å². The van der Waals surface area contributed by atoms with Gasteiger partial charge in [0.15, 0.2) is 0 Å². The monoisotopic (exact) mass is 415 g/mol. The Bertz CT molecular complexity index is 902. The quantitative estimate of drug-likeness (QED) is 0.506. The van der Waals surface area contributed by atoms with Crippen molar-refractivity contribution in [2.24, 2.45) is 5.92 Å². The van der Waals surface area contributed by atoms with Gasteiger partial charge in [0.2, 0.25) is 0 Å². The van der Waals surface area contributed by atoms with Gasteiger partial charge in [0.25, 0.3) is 0 Å². The molecule has 0 aliphatic heterocycles. The Morgan fingerprint density at radius 1 is 0.871 bits per heavy atom. The maximum atomic E-state index is 11.9. The van der Waals surface area contributed by atoms with E-state index >= 15 is 0 Å².